The molecule has 0 aliphatic carbocycles. The van der Waals surface area contributed by atoms with Crippen molar-refractivity contribution in [3.8, 4) is 0 Å². The largest absolute Gasteiger partial charge is 0.356 e. The number of rotatable bonds is 8. The van der Waals surface area contributed by atoms with Crippen molar-refractivity contribution in [1.82, 2.24) is 25.4 Å². The van der Waals surface area contributed by atoms with E-state index in [0.717, 1.165) is 41.9 Å². The van der Waals surface area contributed by atoms with E-state index in [9.17, 15) is 0 Å². The molecule has 9 heteroatoms. The highest BCUT2D eigenvalue weighted by Crippen LogP contribution is 2.26. The molecule has 6 nitrogen and oxygen atoms in total. The second kappa shape index (κ2) is 10.8. The van der Waals surface area contributed by atoms with E-state index in [4.69, 9.17) is 23.2 Å². The van der Waals surface area contributed by atoms with Crippen molar-refractivity contribution in [2.24, 2.45) is 12.0 Å². The number of aromatic nitrogens is 3. The van der Waals surface area contributed by atoms with Crippen molar-refractivity contribution in [1.29, 1.82) is 0 Å². The van der Waals surface area contributed by atoms with Gasteiger partial charge in [0, 0.05) is 23.6 Å². The maximum absolute atomic E-state index is 6.34. The van der Waals surface area contributed by atoms with Crippen molar-refractivity contribution in [2.75, 3.05) is 18.6 Å². The summed E-state index contributed by atoms with van der Waals surface area (Å²) >= 11 is 14.2. The smallest absolute Gasteiger partial charge is 0.192 e. The molecule has 0 aliphatic rings. The fourth-order valence-corrected chi connectivity index (χ4v) is 3.46. The maximum Gasteiger partial charge on any atom is 0.192 e. The standard InChI is InChI=1S/C18H26Cl2N6S/c1-12(15-7-6-14(19)10-16(15)20)23-18(21-8-5-9-27-4)22-11-17-25-24-13(2)26(17)3/h6-7,10,12H,5,8-9,11H2,1-4H3,(H2,21,22,23). The van der Waals surface area contributed by atoms with Crippen molar-refractivity contribution < 1.29 is 0 Å². The molecule has 148 valence electrons. The minimum absolute atomic E-state index is 0.0252. The number of nitrogens with zero attached hydrogens (tertiary/aromatic N) is 4. The molecular formula is C18H26Cl2N6S. The number of aliphatic imine (C=N–C) groups is 1. The molecule has 1 heterocycles. The minimum Gasteiger partial charge on any atom is -0.356 e. The molecule has 2 N–H and O–H groups in total. The van der Waals surface area contributed by atoms with E-state index in [-0.39, 0.29) is 6.04 Å². The van der Waals surface area contributed by atoms with Crippen LogP contribution in [-0.2, 0) is 13.6 Å². The Labute approximate surface area is 175 Å². The van der Waals surface area contributed by atoms with E-state index in [2.05, 4.69) is 32.1 Å². The van der Waals surface area contributed by atoms with Gasteiger partial charge in [0.25, 0.3) is 0 Å². The van der Waals surface area contributed by atoms with Crippen LogP contribution in [-0.4, -0.2) is 39.3 Å². The van der Waals surface area contributed by atoms with Crippen LogP contribution in [0.5, 0.6) is 0 Å². The lowest BCUT2D eigenvalue weighted by Crippen LogP contribution is -2.39. The van der Waals surface area contributed by atoms with E-state index >= 15 is 0 Å². The monoisotopic (exact) mass is 428 g/mol. The summed E-state index contributed by atoms with van der Waals surface area (Å²) in [7, 11) is 1.94. The van der Waals surface area contributed by atoms with Crippen molar-refractivity contribution in [3.63, 3.8) is 0 Å². The first kappa shape index (κ1) is 21.9. The zero-order chi connectivity index (χ0) is 19.8. The van der Waals surface area contributed by atoms with Crippen LogP contribution in [0, 0.1) is 6.92 Å². The predicted molar refractivity (Wildman–Crippen MR) is 116 cm³/mol. The number of aryl methyl sites for hydroxylation is 1. The van der Waals surface area contributed by atoms with Gasteiger partial charge in [-0.15, -0.1) is 10.2 Å². The fraction of sp³-hybridized carbons (Fsp3) is 0.500. The van der Waals surface area contributed by atoms with Crippen LogP contribution in [0.2, 0.25) is 10.0 Å². The molecule has 0 radical (unpaired) electrons. The van der Waals surface area contributed by atoms with Gasteiger partial charge in [-0.2, -0.15) is 11.8 Å². The molecule has 1 aromatic heterocycles. The van der Waals surface area contributed by atoms with E-state index in [1.54, 1.807) is 6.07 Å². The highest BCUT2D eigenvalue weighted by Gasteiger charge is 2.12. The molecule has 0 aliphatic heterocycles. The molecule has 2 aromatic rings. The first-order chi connectivity index (χ1) is 12.9. The van der Waals surface area contributed by atoms with Gasteiger partial charge in [-0.25, -0.2) is 4.99 Å². The first-order valence-corrected chi connectivity index (χ1v) is 10.9. The third kappa shape index (κ3) is 6.59. The predicted octanol–water partition coefficient (Wildman–Crippen LogP) is 3.98. The van der Waals surface area contributed by atoms with Gasteiger partial charge in [-0.3, -0.25) is 0 Å². The van der Waals surface area contributed by atoms with Crippen molar-refractivity contribution in [3.05, 3.63) is 45.5 Å². The number of nitrogens with one attached hydrogen (secondary N) is 2. The normalized spacial score (nSPS) is 12.9. The lowest BCUT2D eigenvalue weighted by molar-refractivity contribution is 0.674. The zero-order valence-electron chi connectivity index (χ0n) is 16.1. The number of hydrogen-bond donors (Lipinski definition) is 2. The molecule has 27 heavy (non-hydrogen) atoms. The maximum atomic E-state index is 6.34. The van der Waals surface area contributed by atoms with Gasteiger partial charge in [0.2, 0.25) is 0 Å². The molecule has 1 atom stereocenters. The minimum atomic E-state index is -0.0252. The molecule has 0 saturated carbocycles. The topological polar surface area (TPSA) is 67.1 Å². The first-order valence-electron chi connectivity index (χ1n) is 8.76. The molecule has 1 aromatic carbocycles. The van der Waals surface area contributed by atoms with Gasteiger partial charge in [0.15, 0.2) is 11.8 Å². The van der Waals surface area contributed by atoms with Crippen LogP contribution < -0.4 is 10.6 Å². The number of guanidine groups is 1. The van der Waals surface area contributed by atoms with Crippen LogP contribution in [0.15, 0.2) is 23.2 Å². The van der Waals surface area contributed by atoms with E-state index in [1.807, 2.05) is 49.4 Å². The number of benzene rings is 1. The lowest BCUT2D eigenvalue weighted by atomic mass is 10.1. The summed E-state index contributed by atoms with van der Waals surface area (Å²) in [6, 6.07) is 5.50. The number of halogens is 2. The summed E-state index contributed by atoms with van der Waals surface area (Å²) in [5, 5.41) is 16.3. The molecule has 2 rings (SSSR count). The third-order valence-corrected chi connectivity index (χ3v) is 5.42. The van der Waals surface area contributed by atoms with Gasteiger partial charge in [-0.05, 0) is 50.0 Å². The highest BCUT2D eigenvalue weighted by atomic mass is 35.5. The second-order valence-electron chi connectivity index (χ2n) is 6.19. The summed E-state index contributed by atoms with van der Waals surface area (Å²) in [6.07, 6.45) is 3.16. The molecule has 1 unspecified atom stereocenters. The average molecular weight is 429 g/mol. The van der Waals surface area contributed by atoms with Crippen LogP contribution in [0.25, 0.3) is 0 Å². The van der Waals surface area contributed by atoms with Gasteiger partial charge in [-0.1, -0.05) is 29.3 Å². The van der Waals surface area contributed by atoms with Crippen LogP contribution in [0.4, 0.5) is 0 Å². The second-order valence-corrected chi connectivity index (χ2v) is 8.02. The lowest BCUT2D eigenvalue weighted by Gasteiger charge is -2.20. The summed E-state index contributed by atoms with van der Waals surface area (Å²) in [5.74, 6) is 3.50. The average Bonchev–Trinajstić information content (AvgIpc) is 2.94. The summed E-state index contributed by atoms with van der Waals surface area (Å²) < 4.78 is 1.94. The molecule has 0 spiro atoms. The Morgan fingerprint density at radius 3 is 2.74 bits per heavy atom. The van der Waals surface area contributed by atoms with E-state index < -0.39 is 0 Å². The molecule has 0 saturated heterocycles. The summed E-state index contributed by atoms with van der Waals surface area (Å²) in [4.78, 5) is 4.67. The fourth-order valence-electron chi connectivity index (χ4n) is 2.45. The molecule has 0 amide bonds. The molecular weight excluding hydrogens is 403 g/mol. The van der Waals surface area contributed by atoms with E-state index in [0.29, 0.717) is 16.6 Å². The Balaban J connectivity index is 2.10. The summed E-state index contributed by atoms with van der Waals surface area (Å²) in [5.41, 5.74) is 0.967. The zero-order valence-corrected chi connectivity index (χ0v) is 18.4. The molecule has 0 bridgehead atoms. The highest BCUT2D eigenvalue weighted by molar-refractivity contribution is 7.98. The van der Waals surface area contributed by atoms with Gasteiger partial charge in [0.1, 0.15) is 12.4 Å². The Morgan fingerprint density at radius 2 is 2.11 bits per heavy atom. The SMILES string of the molecule is CSCCCNC(=NCc1nnc(C)n1C)NC(C)c1ccc(Cl)cc1Cl. The van der Waals surface area contributed by atoms with E-state index in [1.165, 1.54) is 0 Å². The third-order valence-electron chi connectivity index (χ3n) is 4.16. The molecule has 0 fully saturated rings. The van der Waals surface area contributed by atoms with Gasteiger partial charge in [0.05, 0.1) is 6.04 Å². The van der Waals surface area contributed by atoms with Crippen molar-refractivity contribution in [2.45, 2.75) is 32.9 Å². The number of thioether (sulfide) groups is 1. The van der Waals surface area contributed by atoms with Crippen LogP contribution in [0.1, 0.15) is 36.6 Å². The quantitative estimate of drug-likeness (QED) is 0.378. The Hall–Kier alpha value is -1.44. The Kier molecular flexibility index (Phi) is 8.73. The van der Waals surface area contributed by atoms with Gasteiger partial charge >= 0.3 is 0 Å². The Morgan fingerprint density at radius 1 is 1.33 bits per heavy atom. The number of hydrogen-bond acceptors (Lipinski definition) is 4. The van der Waals surface area contributed by atoms with Crippen LogP contribution in [0.3, 0.4) is 0 Å². The van der Waals surface area contributed by atoms with Crippen LogP contribution >= 0.6 is 35.0 Å². The van der Waals surface area contributed by atoms with Crippen molar-refractivity contribution >= 4 is 40.9 Å². The Bertz CT molecular complexity index is 777. The van der Waals surface area contributed by atoms with Gasteiger partial charge < -0.3 is 15.2 Å². The summed E-state index contributed by atoms with van der Waals surface area (Å²) in [6.45, 7) is 5.24.